The molecule has 1 unspecified atom stereocenters. The molecule has 2 fully saturated rings. The number of hydrogen-bond donors (Lipinski definition) is 2. The molecule has 0 bridgehead atoms. The minimum atomic E-state index is -0.726. The zero-order valence-electron chi connectivity index (χ0n) is 9.89. The summed E-state index contributed by atoms with van der Waals surface area (Å²) < 4.78 is 0. The molecule has 96 valence electrons. The second-order valence-electron chi connectivity index (χ2n) is 4.66. The van der Waals surface area contributed by atoms with Crippen LogP contribution in [-0.2, 0) is 4.79 Å². The van der Waals surface area contributed by atoms with E-state index >= 15 is 0 Å². The third-order valence-corrected chi connectivity index (χ3v) is 5.02. The SMILES string of the molecule is CN1C(=O)NC2[C@H](CCCCC(=O)O)SC[C@@H]21. The Kier molecular flexibility index (Phi) is 3.81. The molecule has 2 aliphatic rings. The molecule has 2 saturated heterocycles. The van der Waals surface area contributed by atoms with Crippen molar-refractivity contribution in [2.24, 2.45) is 0 Å². The molecule has 0 aromatic rings. The van der Waals surface area contributed by atoms with Crippen molar-refractivity contribution in [3.05, 3.63) is 0 Å². The van der Waals surface area contributed by atoms with Crippen molar-refractivity contribution < 1.29 is 14.7 Å². The maximum atomic E-state index is 11.5. The number of nitrogens with one attached hydrogen (secondary N) is 1. The Morgan fingerprint density at radius 3 is 3.06 bits per heavy atom. The van der Waals surface area contributed by atoms with Gasteiger partial charge >= 0.3 is 12.0 Å². The lowest BCUT2D eigenvalue weighted by molar-refractivity contribution is -0.137. The number of carboxylic acid groups (broad SMARTS) is 1. The Morgan fingerprint density at radius 1 is 1.59 bits per heavy atom. The Balaban J connectivity index is 1.76. The third-order valence-electron chi connectivity index (χ3n) is 3.53. The fraction of sp³-hybridized carbons (Fsp3) is 0.818. The lowest BCUT2D eigenvalue weighted by Crippen LogP contribution is -2.37. The van der Waals surface area contributed by atoms with Crippen LogP contribution in [0.4, 0.5) is 4.79 Å². The highest BCUT2D eigenvalue weighted by molar-refractivity contribution is 8.00. The fourth-order valence-electron chi connectivity index (χ4n) is 2.50. The van der Waals surface area contributed by atoms with E-state index in [-0.39, 0.29) is 18.5 Å². The quantitative estimate of drug-likeness (QED) is 0.573. The van der Waals surface area contributed by atoms with Crippen LogP contribution in [0.2, 0.25) is 0 Å². The number of amides is 2. The van der Waals surface area contributed by atoms with Gasteiger partial charge in [0.15, 0.2) is 0 Å². The average molecular weight is 258 g/mol. The van der Waals surface area contributed by atoms with Gasteiger partial charge in [-0.1, -0.05) is 6.42 Å². The predicted octanol–water partition coefficient (Wildman–Crippen LogP) is 1.14. The number of nitrogens with zero attached hydrogens (tertiary/aromatic N) is 1. The van der Waals surface area contributed by atoms with Gasteiger partial charge in [0.1, 0.15) is 0 Å². The van der Waals surface area contributed by atoms with Crippen LogP contribution in [0.5, 0.6) is 0 Å². The van der Waals surface area contributed by atoms with Crippen molar-refractivity contribution in [2.75, 3.05) is 12.8 Å². The first kappa shape index (κ1) is 12.5. The molecular formula is C11H18N2O3S. The normalized spacial score (nSPS) is 31.5. The Labute approximate surface area is 105 Å². The smallest absolute Gasteiger partial charge is 0.317 e. The van der Waals surface area contributed by atoms with E-state index in [2.05, 4.69) is 5.32 Å². The number of thioether (sulfide) groups is 1. The van der Waals surface area contributed by atoms with E-state index in [4.69, 9.17) is 5.11 Å². The number of likely N-dealkylation sites (N-methyl/N-ethyl adjacent to an activating group) is 1. The lowest BCUT2D eigenvalue weighted by atomic mass is 10.0. The van der Waals surface area contributed by atoms with Crippen LogP contribution in [0.15, 0.2) is 0 Å². The Hall–Kier alpha value is -0.910. The number of fused-ring (bicyclic) bond motifs is 1. The summed E-state index contributed by atoms with van der Waals surface area (Å²) in [5, 5.41) is 12.0. The monoisotopic (exact) mass is 258 g/mol. The maximum Gasteiger partial charge on any atom is 0.317 e. The highest BCUT2D eigenvalue weighted by Crippen LogP contribution is 2.36. The molecule has 0 aromatic carbocycles. The minimum Gasteiger partial charge on any atom is -0.481 e. The van der Waals surface area contributed by atoms with Gasteiger partial charge in [-0.15, -0.1) is 0 Å². The number of aliphatic carboxylic acids is 1. The molecule has 2 heterocycles. The predicted molar refractivity (Wildman–Crippen MR) is 66.2 cm³/mol. The molecule has 2 aliphatic heterocycles. The molecule has 2 amide bonds. The zero-order valence-corrected chi connectivity index (χ0v) is 10.7. The van der Waals surface area contributed by atoms with Crippen molar-refractivity contribution in [3.8, 4) is 0 Å². The second kappa shape index (κ2) is 5.16. The summed E-state index contributed by atoms with van der Waals surface area (Å²) in [5.41, 5.74) is 0. The van der Waals surface area contributed by atoms with Crippen LogP contribution in [0.25, 0.3) is 0 Å². The molecule has 5 nitrogen and oxygen atoms in total. The molecule has 17 heavy (non-hydrogen) atoms. The van der Waals surface area contributed by atoms with E-state index in [1.807, 2.05) is 18.8 Å². The highest BCUT2D eigenvalue weighted by Gasteiger charge is 2.45. The maximum absolute atomic E-state index is 11.5. The molecule has 2 rings (SSSR count). The topological polar surface area (TPSA) is 69.6 Å². The Morgan fingerprint density at radius 2 is 2.35 bits per heavy atom. The van der Waals surface area contributed by atoms with Gasteiger partial charge in [0.25, 0.3) is 0 Å². The van der Waals surface area contributed by atoms with Gasteiger partial charge in [-0.25, -0.2) is 4.79 Å². The number of carboxylic acids is 1. The van der Waals surface area contributed by atoms with Crippen LogP contribution in [-0.4, -0.2) is 52.1 Å². The Bertz CT molecular complexity index is 324. The van der Waals surface area contributed by atoms with Crippen LogP contribution >= 0.6 is 11.8 Å². The summed E-state index contributed by atoms with van der Waals surface area (Å²) in [4.78, 5) is 23.7. The molecular weight excluding hydrogens is 240 g/mol. The van der Waals surface area contributed by atoms with Crippen LogP contribution in [0, 0.1) is 0 Å². The van der Waals surface area contributed by atoms with Crippen molar-refractivity contribution in [1.29, 1.82) is 0 Å². The van der Waals surface area contributed by atoms with Crippen LogP contribution in [0.3, 0.4) is 0 Å². The number of carbonyl (C=O) groups excluding carboxylic acids is 1. The molecule has 6 heteroatoms. The van der Waals surface area contributed by atoms with Gasteiger partial charge in [-0.2, -0.15) is 11.8 Å². The number of rotatable bonds is 5. The number of unbranched alkanes of at least 4 members (excludes halogenated alkanes) is 1. The van der Waals surface area contributed by atoms with Crippen LogP contribution < -0.4 is 5.32 Å². The summed E-state index contributed by atoms with van der Waals surface area (Å²) in [6.07, 6.45) is 2.89. The van der Waals surface area contributed by atoms with E-state index in [0.29, 0.717) is 11.3 Å². The number of hydrogen-bond acceptors (Lipinski definition) is 3. The summed E-state index contributed by atoms with van der Waals surface area (Å²) in [7, 11) is 1.84. The van der Waals surface area contributed by atoms with Gasteiger partial charge in [0, 0.05) is 24.5 Å². The van der Waals surface area contributed by atoms with Gasteiger partial charge < -0.3 is 15.3 Å². The molecule has 0 aromatic heterocycles. The van der Waals surface area contributed by atoms with Gasteiger partial charge in [0.05, 0.1) is 12.1 Å². The third kappa shape index (κ3) is 2.68. The second-order valence-corrected chi connectivity index (χ2v) is 5.94. The van der Waals surface area contributed by atoms with Gasteiger partial charge in [-0.3, -0.25) is 4.79 Å². The van der Waals surface area contributed by atoms with E-state index in [1.165, 1.54) is 0 Å². The van der Waals surface area contributed by atoms with Gasteiger partial charge in [0.2, 0.25) is 0 Å². The number of carbonyl (C=O) groups is 2. The van der Waals surface area contributed by atoms with Gasteiger partial charge in [-0.05, 0) is 12.8 Å². The average Bonchev–Trinajstić information content (AvgIpc) is 2.77. The highest BCUT2D eigenvalue weighted by atomic mass is 32.2. The van der Waals surface area contributed by atoms with Crippen molar-refractivity contribution in [2.45, 2.75) is 43.0 Å². The van der Waals surface area contributed by atoms with E-state index in [9.17, 15) is 9.59 Å². The van der Waals surface area contributed by atoms with E-state index < -0.39 is 5.97 Å². The standard InChI is InChI=1S/C11H18N2O3S/c1-13-7-6-17-8(10(7)12-11(13)16)4-2-3-5-9(14)15/h7-8,10H,2-6H2,1H3,(H,12,16)(H,14,15)/t7-,8-,10?/m0/s1. The summed E-state index contributed by atoms with van der Waals surface area (Å²) >= 11 is 1.90. The number of urea groups is 1. The van der Waals surface area contributed by atoms with Crippen molar-refractivity contribution in [1.82, 2.24) is 10.2 Å². The minimum absolute atomic E-state index is 0.0239. The molecule has 2 N–H and O–H groups in total. The lowest BCUT2D eigenvalue weighted by Gasteiger charge is -2.17. The summed E-state index contributed by atoms with van der Waals surface area (Å²) in [6, 6.07) is 0.593. The van der Waals surface area contributed by atoms with Crippen LogP contribution in [0.1, 0.15) is 25.7 Å². The largest absolute Gasteiger partial charge is 0.481 e. The van der Waals surface area contributed by atoms with E-state index in [1.54, 1.807) is 4.90 Å². The first-order valence-corrected chi connectivity index (χ1v) is 7.01. The van der Waals surface area contributed by atoms with E-state index in [0.717, 1.165) is 25.0 Å². The molecule has 0 aliphatic carbocycles. The molecule has 3 atom stereocenters. The zero-order chi connectivity index (χ0) is 12.4. The fourth-order valence-corrected chi connectivity index (χ4v) is 4.16. The first-order valence-electron chi connectivity index (χ1n) is 5.96. The molecule has 0 spiro atoms. The molecule has 0 radical (unpaired) electrons. The van der Waals surface area contributed by atoms with Crippen molar-refractivity contribution in [3.63, 3.8) is 0 Å². The van der Waals surface area contributed by atoms with Crippen molar-refractivity contribution >= 4 is 23.8 Å². The summed E-state index contributed by atoms with van der Waals surface area (Å²) in [6.45, 7) is 0. The first-order chi connectivity index (χ1) is 8.09. The molecule has 0 saturated carbocycles. The summed E-state index contributed by atoms with van der Waals surface area (Å²) in [5.74, 6) is 0.264.